The van der Waals surface area contributed by atoms with E-state index < -0.39 is 0 Å². The summed E-state index contributed by atoms with van der Waals surface area (Å²) in [5.41, 5.74) is 5.97. The molecule has 0 aliphatic heterocycles. The van der Waals surface area contributed by atoms with Gasteiger partial charge in [-0.2, -0.15) is 0 Å². The van der Waals surface area contributed by atoms with E-state index >= 15 is 0 Å². The van der Waals surface area contributed by atoms with Gasteiger partial charge in [-0.25, -0.2) is 0 Å². The second-order valence-electron chi connectivity index (χ2n) is 6.75. The highest BCUT2D eigenvalue weighted by Gasteiger charge is 2.42. The summed E-state index contributed by atoms with van der Waals surface area (Å²) in [4.78, 5) is 2.45. The predicted molar refractivity (Wildman–Crippen MR) is 75.5 cm³/mol. The molecule has 2 saturated carbocycles. The summed E-state index contributed by atoms with van der Waals surface area (Å²) in [6.45, 7) is 6.19. The van der Waals surface area contributed by atoms with Gasteiger partial charge in [0.25, 0.3) is 0 Å². The van der Waals surface area contributed by atoms with Crippen molar-refractivity contribution >= 4 is 0 Å². The molecule has 0 heterocycles. The topological polar surface area (TPSA) is 38.5 Å². The largest absolute Gasteiger partial charge is 0.380 e. The summed E-state index contributed by atoms with van der Waals surface area (Å²) in [5.74, 6) is 2.90. The van der Waals surface area contributed by atoms with Crippen molar-refractivity contribution in [3.63, 3.8) is 0 Å². The van der Waals surface area contributed by atoms with Crippen LogP contribution in [-0.4, -0.2) is 43.8 Å². The van der Waals surface area contributed by atoms with Crippen LogP contribution < -0.4 is 5.73 Å². The third kappa shape index (κ3) is 2.45. The van der Waals surface area contributed by atoms with Gasteiger partial charge < -0.3 is 10.5 Å². The van der Waals surface area contributed by atoms with Gasteiger partial charge in [0.2, 0.25) is 0 Å². The number of fused-ring (bicyclic) bond motifs is 2. The molecule has 3 nitrogen and oxygen atoms in total. The standard InChI is InChI=1S/C15H30N2O/c1-11(18-4)15(2,10-16)17(3)9-14-8-12-5-6-13(14)7-12/h11-14H,5-10,16H2,1-4H3. The summed E-state index contributed by atoms with van der Waals surface area (Å²) >= 11 is 0. The lowest BCUT2D eigenvalue weighted by Gasteiger charge is -2.44. The maximum Gasteiger partial charge on any atom is 0.0736 e. The zero-order valence-electron chi connectivity index (χ0n) is 12.5. The fraction of sp³-hybridized carbons (Fsp3) is 1.00. The molecule has 2 aliphatic rings. The molecule has 18 heavy (non-hydrogen) atoms. The molecule has 106 valence electrons. The zero-order chi connectivity index (χ0) is 13.3. The van der Waals surface area contributed by atoms with E-state index in [1.165, 1.54) is 32.2 Å². The van der Waals surface area contributed by atoms with E-state index in [1.807, 2.05) is 0 Å². The van der Waals surface area contributed by atoms with E-state index in [0.29, 0.717) is 6.54 Å². The Morgan fingerprint density at radius 3 is 2.56 bits per heavy atom. The van der Waals surface area contributed by atoms with E-state index in [1.54, 1.807) is 7.11 Å². The van der Waals surface area contributed by atoms with Crippen LogP contribution in [0.5, 0.6) is 0 Å². The number of hydrogen-bond donors (Lipinski definition) is 1. The van der Waals surface area contributed by atoms with Crippen LogP contribution in [0.15, 0.2) is 0 Å². The van der Waals surface area contributed by atoms with Crippen molar-refractivity contribution in [1.29, 1.82) is 0 Å². The molecule has 3 heteroatoms. The summed E-state index contributed by atoms with van der Waals surface area (Å²) in [7, 11) is 4.00. The normalized spacial score (nSPS) is 36.0. The summed E-state index contributed by atoms with van der Waals surface area (Å²) in [6, 6.07) is 0. The lowest BCUT2D eigenvalue weighted by molar-refractivity contribution is -0.0280. The molecule has 0 saturated heterocycles. The highest BCUT2D eigenvalue weighted by atomic mass is 16.5. The highest BCUT2D eigenvalue weighted by molar-refractivity contribution is 4.96. The average molecular weight is 254 g/mol. The first kappa shape index (κ1) is 14.3. The molecule has 5 unspecified atom stereocenters. The molecule has 5 atom stereocenters. The molecule has 0 aromatic heterocycles. The second-order valence-corrected chi connectivity index (χ2v) is 6.75. The van der Waals surface area contributed by atoms with Gasteiger partial charge in [-0.15, -0.1) is 0 Å². The maximum atomic E-state index is 6.01. The van der Waals surface area contributed by atoms with Gasteiger partial charge in [0.15, 0.2) is 0 Å². The first-order chi connectivity index (χ1) is 8.51. The smallest absolute Gasteiger partial charge is 0.0736 e. The highest BCUT2D eigenvalue weighted by Crippen LogP contribution is 2.48. The Kier molecular flexibility index (Phi) is 4.35. The predicted octanol–water partition coefficient (Wildman–Crippen LogP) is 2.11. The van der Waals surface area contributed by atoms with Crippen LogP contribution in [0.1, 0.15) is 39.5 Å². The minimum atomic E-state index is -0.0451. The number of methoxy groups -OCH3 is 1. The lowest BCUT2D eigenvalue weighted by Crippen LogP contribution is -2.58. The van der Waals surface area contributed by atoms with Gasteiger partial charge in [-0.05, 0) is 57.9 Å². The number of nitrogens with two attached hydrogens (primary N) is 1. The molecule has 2 rings (SSSR count). The van der Waals surface area contributed by atoms with E-state index in [2.05, 4.69) is 25.8 Å². The van der Waals surface area contributed by atoms with Crippen molar-refractivity contribution in [1.82, 2.24) is 4.90 Å². The van der Waals surface area contributed by atoms with E-state index in [-0.39, 0.29) is 11.6 Å². The third-order valence-electron chi connectivity index (χ3n) is 5.91. The molecule has 2 N–H and O–H groups in total. The van der Waals surface area contributed by atoms with Crippen LogP contribution in [-0.2, 0) is 4.74 Å². The van der Waals surface area contributed by atoms with Gasteiger partial charge in [-0.3, -0.25) is 4.90 Å². The monoisotopic (exact) mass is 254 g/mol. The summed E-state index contributed by atoms with van der Waals surface area (Å²) < 4.78 is 5.53. The minimum absolute atomic E-state index is 0.0451. The van der Waals surface area contributed by atoms with Gasteiger partial charge in [0.05, 0.1) is 11.6 Å². The third-order valence-corrected chi connectivity index (χ3v) is 5.91. The average Bonchev–Trinajstić information content (AvgIpc) is 2.98. The van der Waals surface area contributed by atoms with Crippen LogP contribution in [0.2, 0.25) is 0 Å². The number of nitrogens with zero attached hydrogens (tertiary/aromatic N) is 1. The van der Waals surface area contributed by atoms with Crippen LogP contribution in [0.4, 0.5) is 0 Å². The van der Waals surface area contributed by atoms with Crippen LogP contribution in [0.25, 0.3) is 0 Å². The van der Waals surface area contributed by atoms with Crippen LogP contribution in [0, 0.1) is 17.8 Å². The molecule has 0 spiro atoms. The summed E-state index contributed by atoms with van der Waals surface area (Å²) in [5, 5.41) is 0. The van der Waals surface area contributed by atoms with Crippen molar-refractivity contribution in [2.45, 2.75) is 51.2 Å². The van der Waals surface area contributed by atoms with E-state index in [9.17, 15) is 0 Å². The molecular formula is C15H30N2O. The van der Waals surface area contributed by atoms with E-state index in [0.717, 1.165) is 17.8 Å². The Morgan fingerprint density at radius 1 is 1.39 bits per heavy atom. The Morgan fingerprint density at radius 2 is 2.11 bits per heavy atom. The Bertz CT molecular complexity index is 284. The van der Waals surface area contributed by atoms with Gasteiger partial charge in [0.1, 0.15) is 0 Å². The molecule has 0 aromatic carbocycles. The molecule has 0 amide bonds. The summed E-state index contributed by atoms with van der Waals surface area (Å²) in [6.07, 6.45) is 6.04. The van der Waals surface area contributed by atoms with Crippen LogP contribution >= 0.6 is 0 Å². The first-order valence-corrected chi connectivity index (χ1v) is 7.45. The van der Waals surface area contributed by atoms with Gasteiger partial charge >= 0.3 is 0 Å². The maximum absolute atomic E-state index is 6.01. The molecule has 2 bridgehead atoms. The van der Waals surface area contributed by atoms with Crippen LogP contribution in [0.3, 0.4) is 0 Å². The Balaban J connectivity index is 1.95. The molecule has 0 radical (unpaired) electrons. The molecule has 0 aromatic rings. The zero-order valence-corrected chi connectivity index (χ0v) is 12.5. The quantitative estimate of drug-likeness (QED) is 0.789. The Labute approximate surface area is 112 Å². The molecule has 2 aliphatic carbocycles. The molecular weight excluding hydrogens is 224 g/mol. The number of likely N-dealkylation sites (N-methyl/N-ethyl adjacent to an activating group) is 1. The number of ether oxygens (including phenoxy) is 1. The minimum Gasteiger partial charge on any atom is -0.380 e. The van der Waals surface area contributed by atoms with Crippen molar-refractivity contribution < 1.29 is 4.74 Å². The Hall–Kier alpha value is -0.120. The van der Waals surface area contributed by atoms with Crippen molar-refractivity contribution in [3.8, 4) is 0 Å². The first-order valence-electron chi connectivity index (χ1n) is 7.45. The number of hydrogen-bond acceptors (Lipinski definition) is 3. The molecule has 2 fully saturated rings. The van der Waals surface area contributed by atoms with Gasteiger partial charge in [-0.1, -0.05) is 6.42 Å². The SMILES string of the molecule is COC(C)C(C)(CN)N(C)CC1CC2CCC1C2. The lowest BCUT2D eigenvalue weighted by atomic mass is 9.86. The van der Waals surface area contributed by atoms with Crippen molar-refractivity contribution in [2.24, 2.45) is 23.5 Å². The van der Waals surface area contributed by atoms with Gasteiger partial charge in [0, 0.05) is 20.2 Å². The van der Waals surface area contributed by atoms with Crippen molar-refractivity contribution in [3.05, 3.63) is 0 Å². The second kappa shape index (κ2) is 5.48. The number of rotatable bonds is 6. The fourth-order valence-corrected chi connectivity index (χ4v) is 4.05. The van der Waals surface area contributed by atoms with E-state index in [4.69, 9.17) is 10.5 Å². The van der Waals surface area contributed by atoms with Crippen molar-refractivity contribution in [2.75, 3.05) is 27.2 Å². The fourth-order valence-electron chi connectivity index (χ4n) is 4.05.